The van der Waals surface area contributed by atoms with E-state index in [9.17, 15) is 12.8 Å². The normalized spacial score (nSPS) is 20.9. The first kappa shape index (κ1) is 20.1. The highest BCUT2D eigenvalue weighted by Gasteiger charge is 2.41. The lowest BCUT2D eigenvalue weighted by molar-refractivity contribution is 0.456. The van der Waals surface area contributed by atoms with Crippen molar-refractivity contribution < 1.29 is 12.8 Å². The van der Waals surface area contributed by atoms with Gasteiger partial charge in [-0.2, -0.15) is 0 Å². The van der Waals surface area contributed by atoms with E-state index in [2.05, 4.69) is 19.9 Å². The number of aromatic nitrogens is 3. The Hall–Kier alpha value is -3.14. The molecule has 1 aliphatic heterocycles. The first-order chi connectivity index (χ1) is 14.1. The number of nitrogens with two attached hydrogens (primary N) is 1. The maximum Gasteiger partial charge on any atom is 0.239 e. The van der Waals surface area contributed by atoms with Crippen LogP contribution in [0.15, 0.2) is 41.8 Å². The molecule has 4 heterocycles. The Balaban J connectivity index is 1.77. The number of rotatable bonds is 3. The monoisotopic (exact) mass is 428 g/mol. The predicted octanol–water partition coefficient (Wildman–Crippen LogP) is 1.87. The van der Waals surface area contributed by atoms with Crippen molar-refractivity contribution in [3.63, 3.8) is 0 Å². The van der Waals surface area contributed by atoms with Crippen molar-refractivity contribution in [2.24, 2.45) is 10.7 Å². The first-order valence-corrected chi connectivity index (χ1v) is 10.9. The molecule has 0 aliphatic carbocycles. The van der Waals surface area contributed by atoms with Gasteiger partial charge in [0.05, 0.1) is 23.2 Å². The summed E-state index contributed by atoms with van der Waals surface area (Å²) in [6.45, 7) is 3.51. The van der Waals surface area contributed by atoms with Gasteiger partial charge in [-0.25, -0.2) is 22.1 Å². The molecule has 1 atom stereocenters. The number of hydrogen-bond acceptors (Lipinski definition) is 7. The van der Waals surface area contributed by atoms with Crippen molar-refractivity contribution in [1.29, 1.82) is 0 Å². The lowest BCUT2D eigenvalue weighted by Gasteiger charge is -2.34. The Bertz CT molecular complexity index is 1290. The van der Waals surface area contributed by atoms with Crippen LogP contribution in [0.25, 0.3) is 10.9 Å². The van der Waals surface area contributed by atoms with Gasteiger partial charge in [-0.1, -0.05) is 0 Å². The quantitative estimate of drug-likeness (QED) is 0.681. The third-order valence-corrected chi connectivity index (χ3v) is 7.17. The van der Waals surface area contributed by atoms with E-state index >= 15 is 0 Å². The summed E-state index contributed by atoms with van der Waals surface area (Å²) >= 11 is 0. The van der Waals surface area contributed by atoms with Crippen LogP contribution in [0.5, 0.6) is 0 Å². The van der Waals surface area contributed by atoms with Crippen LogP contribution in [0.4, 0.5) is 4.39 Å². The Labute approximate surface area is 173 Å². The minimum Gasteiger partial charge on any atom is -0.369 e. The highest BCUT2D eigenvalue weighted by molar-refractivity contribution is 7.89. The van der Waals surface area contributed by atoms with Crippen molar-refractivity contribution in [3.8, 4) is 0 Å². The van der Waals surface area contributed by atoms with Crippen molar-refractivity contribution in [3.05, 3.63) is 65.1 Å². The lowest BCUT2D eigenvalue weighted by atomic mass is 9.93. The molecule has 2 N–H and O–H groups in total. The number of sulfonamides is 1. The van der Waals surface area contributed by atoms with Crippen molar-refractivity contribution in [2.75, 3.05) is 12.8 Å². The molecule has 0 amide bonds. The number of guanidine groups is 1. The first-order valence-electron chi connectivity index (χ1n) is 9.26. The Morgan fingerprint density at radius 1 is 1.23 bits per heavy atom. The Morgan fingerprint density at radius 3 is 2.73 bits per heavy atom. The molecule has 4 rings (SSSR count). The molecule has 0 fully saturated rings. The van der Waals surface area contributed by atoms with Gasteiger partial charge < -0.3 is 5.73 Å². The number of fused-ring (bicyclic) bond motifs is 1. The summed E-state index contributed by atoms with van der Waals surface area (Å²) < 4.78 is 40.5. The van der Waals surface area contributed by atoms with Gasteiger partial charge in [0.1, 0.15) is 11.4 Å². The average Bonchev–Trinajstić information content (AvgIpc) is 2.67. The van der Waals surface area contributed by atoms with Crippen LogP contribution in [0.2, 0.25) is 0 Å². The zero-order valence-corrected chi connectivity index (χ0v) is 17.6. The van der Waals surface area contributed by atoms with Crippen LogP contribution in [-0.4, -0.2) is 46.4 Å². The minimum absolute atomic E-state index is 0.121. The smallest absolute Gasteiger partial charge is 0.239 e. The molecule has 0 bridgehead atoms. The van der Waals surface area contributed by atoms with Gasteiger partial charge in [-0.3, -0.25) is 15.0 Å². The number of pyridine rings is 3. The van der Waals surface area contributed by atoms with Crippen LogP contribution < -0.4 is 5.73 Å². The predicted molar refractivity (Wildman–Crippen MR) is 112 cm³/mol. The van der Waals surface area contributed by atoms with E-state index in [0.717, 1.165) is 27.0 Å². The summed E-state index contributed by atoms with van der Waals surface area (Å²) in [7, 11) is -2.40. The largest absolute Gasteiger partial charge is 0.369 e. The molecule has 30 heavy (non-hydrogen) atoms. The molecule has 0 aromatic carbocycles. The molecule has 8 nitrogen and oxygen atoms in total. The van der Waals surface area contributed by atoms with E-state index in [4.69, 9.17) is 5.73 Å². The second-order valence-electron chi connectivity index (χ2n) is 7.64. The van der Waals surface area contributed by atoms with Gasteiger partial charge in [0.25, 0.3) is 0 Å². The zero-order valence-electron chi connectivity index (χ0n) is 16.8. The van der Waals surface area contributed by atoms with E-state index < -0.39 is 27.1 Å². The number of aryl methyl sites for hydroxylation is 1. The maximum atomic E-state index is 14.7. The fraction of sp³-hybridized carbons (Fsp3) is 0.300. The lowest BCUT2D eigenvalue weighted by Crippen LogP contribution is -2.50. The third-order valence-electron chi connectivity index (χ3n) is 5.22. The number of aliphatic imine (C=N–C) groups is 1. The molecular weight excluding hydrogens is 407 g/mol. The number of hydrogen-bond donors (Lipinski definition) is 1. The van der Waals surface area contributed by atoms with Gasteiger partial charge in [-0.15, -0.1) is 0 Å². The van der Waals surface area contributed by atoms with Crippen LogP contribution in [0.1, 0.15) is 29.4 Å². The van der Waals surface area contributed by atoms with E-state index in [-0.39, 0.29) is 11.5 Å². The van der Waals surface area contributed by atoms with Crippen molar-refractivity contribution in [2.45, 2.75) is 25.8 Å². The van der Waals surface area contributed by atoms with E-state index in [0.29, 0.717) is 17.8 Å². The molecule has 0 unspecified atom stereocenters. The van der Waals surface area contributed by atoms with Crippen LogP contribution in [-0.2, 0) is 22.0 Å². The SMILES string of the molecule is Cc1cnc2c(Cc3cc([C@]4(C)CS(=O)(=O)N(C)C(N)=N4)c(F)cn3)nccc2c1. The topological polar surface area (TPSA) is 114 Å². The second kappa shape index (κ2) is 6.98. The molecule has 156 valence electrons. The third kappa shape index (κ3) is 3.47. The molecular formula is C20H21FN6O2S. The fourth-order valence-electron chi connectivity index (χ4n) is 3.61. The summed E-state index contributed by atoms with van der Waals surface area (Å²) in [6.07, 6.45) is 4.84. The summed E-state index contributed by atoms with van der Waals surface area (Å²) in [5.41, 5.74) is 7.55. The molecule has 0 radical (unpaired) electrons. The minimum atomic E-state index is -3.72. The average molecular weight is 428 g/mol. The molecule has 0 saturated heterocycles. The Kier molecular flexibility index (Phi) is 4.69. The van der Waals surface area contributed by atoms with Gasteiger partial charge >= 0.3 is 0 Å². The molecule has 0 spiro atoms. The second-order valence-corrected chi connectivity index (χ2v) is 9.64. The summed E-state index contributed by atoms with van der Waals surface area (Å²) in [5, 5.41) is 0.952. The Morgan fingerprint density at radius 2 is 2.00 bits per heavy atom. The van der Waals surface area contributed by atoms with E-state index in [1.54, 1.807) is 19.3 Å². The summed E-state index contributed by atoms with van der Waals surface area (Å²) in [4.78, 5) is 17.3. The van der Waals surface area contributed by atoms with E-state index in [1.165, 1.54) is 13.1 Å². The van der Waals surface area contributed by atoms with Gasteiger partial charge in [0.15, 0.2) is 0 Å². The van der Waals surface area contributed by atoms with Gasteiger partial charge in [0.2, 0.25) is 16.0 Å². The molecule has 3 aromatic heterocycles. The summed E-state index contributed by atoms with van der Waals surface area (Å²) in [5.74, 6) is -1.22. The van der Waals surface area contributed by atoms with Crippen LogP contribution in [0.3, 0.4) is 0 Å². The van der Waals surface area contributed by atoms with Gasteiger partial charge in [-0.05, 0) is 37.6 Å². The van der Waals surface area contributed by atoms with E-state index in [1.807, 2.05) is 19.1 Å². The molecule has 0 saturated carbocycles. The van der Waals surface area contributed by atoms with Crippen LogP contribution in [0, 0.1) is 12.7 Å². The number of nitrogens with zero attached hydrogens (tertiary/aromatic N) is 5. The molecule has 10 heteroatoms. The summed E-state index contributed by atoms with van der Waals surface area (Å²) in [6, 6.07) is 5.42. The van der Waals surface area contributed by atoms with Crippen LogP contribution >= 0.6 is 0 Å². The number of halogens is 1. The zero-order chi connectivity index (χ0) is 21.7. The maximum absolute atomic E-state index is 14.7. The highest BCUT2D eigenvalue weighted by atomic mass is 32.2. The van der Waals surface area contributed by atoms with Crippen molar-refractivity contribution >= 4 is 26.9 Å². The van der Waals surface area contributed by atoms with Gasteiger partial charge in [0, 0.05) is 42.5 Å². The molecule has 1 aliphatic rings. The fourth-order valence-corrected chi connectivity index (χ4v) is 5.06. The van der Waals surface area contributed by atoms with Crippen molar-refractivity contribution in [1.82, 2.24) is 19.3 Å². The molecule has 3 aromatic rings. The standard InChI is InChI=1S/C20H21FN6O2S/c1-12-6-13-4-5-23-17(18(13)25-9-12)8-14-7-15(16(21)10-24-14)20(2)11-30(28,29)27(3)19(22)26-20/h4-7,9-10H,8,11H2,1-3H3,(H2,22,26)/t20-/m0/s1. The highest BCUT2D eigenvalue weighted by Crippen LogP contribution is 2.33.